The minimum Gasteiger partial charge on any atom is -0.386 e. The molecule has 1 atom stereocenters. The summed E-state index contributed by atoms with van der Waals surface area (Å²) in [6.45, 7) is 6.66. The highest BCUT2D eigenvalue weighted by Gasteiger charge is 2.30. The number of anilines is 3. The van der Waals surface area contributed by atoms with Crippen LogP contribution in [0.1, 0.15) is 23.9 Å². The molecule has 0 bridgehead atoms. The van der Waals surface area contributed by atoms with Gasteiger partial charge < -0.3 is 26.3 Å². The van der Waals surface area contributed by atoms with E-state index >= 15 is 0 Å². The van der Waals surface area contributed by atoms with Crippen LogP contribution < -0.4 is 20.9 Å². The van der Waals surface area contributed by atoms with Crippen LogP contribution in [-0.2, 0) is 18.4 Å². The molecule has 0 fully saturated rings. The standard InChI is InChI=1S/C19H27N9O/c1-11-15(10-27(4)26-11)9-21-7-14(6-20)8-22-19-23-12(2)16-17(25-19)28(5)13(3)18(29)24-16/h6-7,10,13,20-21H,8-9H2,1-5H3,(H,24,29)(H,22,23,25)/b14-7+,20-6?/t13-/m0/s1. The summed E-state index contributed by atoms with van der Waals surface area (Å²) in [5.41, 5.74) is 4.16. The largest absolute Gasteiger partial charge is 0.386 e. The highest BCUT2D eigenvalue weighted by molar-refractivity contribution is 6.03. The van der Waals surface area contributed by atoms with Crippen molar-refractivity contribution in [2.45, 2.75) is 33.4 Å². The molecule has 0 saturated carbocycles. The molecule has 10 heteroatoms. The number of hydrogen-bond donors (Lipinski definition) is 4. The first kappa shape index (κ1) is 20.3. The number of carbonyl (C=O) groups excluding carboxylic acids is 1. The van der Waals surface area contributed by atoms with Gasteiger partial charge in [-0.15, -0.1) is 0 Å². The zero-order valence-electron chi connectivity index (χ0n) is 17.4. The number of aromatic nitrogens is 4. The molecule has 0 unspecified atom stereocenters. The Kier molecular flexibility index (Phi) is 5.81. The van der Waals surface area contributed by atoms with Gasteiger partial charge in [-0.05, 0) is 20.8 Å². The van der Waals surface area contributed by atoms with Crippen LogP contribution in [0.2, 0.25) is 0 Å². The van der Waals surface area contributed by atoms with E-state index in [9.17, 15) is 4.79 Å². The topological polar surface area (TPSA) is 124 Å². The fraction of sp³-hybridized carbons (Fsp3) is 0.421. The number of amides is 1. The Bertz CT molecular complexity index is 963. The first-order valence-corrected chi connectivity index (χ1v) is 9.38. The Labute approximate surface area is 169 Å². The smallest absolute Gasteiger partial charge is 0.246 e. The number of nitrogens with zero attached hydrogens (tertiary/aromatic N) is 5. The predicted octanol–water partition coefficient (Wildman–Crippen LogP) is 1.34. The van der Waals surface area contributed by atoms with Gasteiger partial charge in [0.15, 0.2) is 5.82 Å². The van der Waals surface area contributed by atoms with Crippen LogP contribution in [0.4, 0.5) is 17.5 Å². The highest BCUT2D eigenvalue weighted by atomic mass is 16.2. The van der Waals surface area contributed by atoms with E-state index in [1.54, 1.807) is 10.9 Å². The lowest BCUT2D eigenvalue weighted by Crippen LogP contribution is -2.44. The predicted molar refractivity (Wildman–Crippen MR) is 113 cm³/mol. The maximum Gasteiger partial charge on any atom is 0.246 e. The van der Waals surface area contributed by atoms with Crippen LogP contribution >= 0.6 is 0 Å². The van der Waals surface area contributed by atoms with Gasteiger partial charge >= 0.3 is 0 Å². The molecular weight excluding hydrogens is 370 g/mol. The Balaban J connectivity index is 1.66. The second-order valence-electron chi connectivity index (χ2n) is 7.12. The van der Waals surface area contributed by atoms with Gasteiger partial charge in [-0.1, -0.05) is 0 Å². The summed E-state index contributed by atoms with van der Waals surface area (Å²) >= 11 is 0. The third-order valence-corrected chi connectivity index (χ3v) is 4.94. The average molecular weight is 397 g/mol. The zero-order chi connectivity index (χ0) is 21.1. The Morgan fingerprint density at radius 1 is 1.31 bits per heavy atom. The SMILES string of the molecule is Cc1nn(C)cc1CN/C=C(\C=N)CNc1nc(C)c2c(n1)N(C)[C@@H](C)C(=O)N2. The van der Waals surface area contributed by atoms with Crippen molar-refractivity contribution >= 4 is 29.6 Å². The molecule has 1 aliphatic rings. The van der Waals surface area contributed by atoms with Gasteiger partial charge in [0, 0.05) is 56.9 Å². The molecule has 0 radical (unpaired) electrons. The van der Waals surface area contributed by atoms with Crippen molar-refractivity contribution in [1.82, 2.24) is 25.1 Å². The normalized spacial score (nSPS) is 16.3. The molecule has 4 N–H and O–H groups in total. The van der Waals surface area contributed by atoms with Gasteiger partial charge in [-0.3, -0.25) is 9.48 Å². The monoisotopic (exact) mass is 397 g/mol. The minimum atomic E-state index is -0.304. The average Bonchev–Trinajstić information content (AvgIpc) is 3.00. The lowest BCUT2D eigenvalue weighted by atomic mass is 10.2. The maximum absolute atomic E-state index is 12.0. The van der Waals surface area contributed by atoms with Gasteiger partial charge in [-0.25, -0.2) is 4.98 Å². The van der Waals surface area contributed by atoms with Crippen LogP contribution in [0.15, 0.2) is 18.0 Å². The lowest BCUT2D eigenvalue weighted by Gasteiger charge is -2.32. The fourth-order valence-electron chi connectivity index (χ4n) is 3.06. The summed E-state index contributed by atoms with van der Waals surface area (Å²) < 4.78 is 1.78. The van der Waals surface area contributed by atoms with Crippen LogP contribution in [0.3, 0.4) is 0 Å². The van der Waals surface area contributed by atoms with E-state index in [4.69, 9.17) is 5.41 Å². The van der Waals surface area contributed by atoms with Gasteiger partial charge in [0.2, 0.25) is 11.9 Å². The minimum absolute atomic E-state index is 0.0728. The van der Waals surface area contributed by atoms with E-state index in [2.05, 4.69) is 31.0 Å². The second-order valence-corrected chi connectivity index (χ2v) is 7.12. The van der Waals surface area contributed by atoms with Gasteiger partial charge in [-0.2, -0.15) is 10.1 Å². The summed E-state index contributed by atoms with van der Waals surface area (Å²) in [6.07, 6.45) is 5.06. The van der Waals surface area contributed by atoms with Crippen molar-refractivity contribution in [3.05, 3.63) is 34.9 Å². The van der Waals surface area contributed by atoms with Gasteiger partial charge in [0.1, 0.15) is 11.7 Å². The molecule has 29 heavy (non-hydrogen) atoms. The van der Waals surface area contributed by atoms with E-state index in [0.29, 0.717) is 36.2 Å². The molecule has 0 spiro atoms. The third-order valence-electron chi connectivity index (χ3n) is 4.94. The van der Waals surface area contributed by atoms with Crippen LogP contribution in [0.5, 0.6) is 0 Å². The second kappa shape index (κ2) is 8.29. The molecule has 2 aromatic heterocycles. The summed E-state index contributed by atoms with van der Waals surface area (Å²) in [6, 6.07) is -0.304. The first-order chi connectivity index (χ1) is 13.8. The summed E-state index contributed by atoms with van der Waals surface area (Å²) in [5, 5.41) is 21.2. The van der Waals surface area contributed by atoms with E-state index in [-0.39, 0.29) is 11.9 Å². The summed E-state index contributed by atoms with van der Waals surface area (Å²) in [4.78, 5) is 22.8. The molecule has 0 aromatic carbocycles. The van der Waals surface area contributed by atoms with Crippen molar-refractivity contribution in [3.63, 3.8) is 0 Å². The Morgan fingerprint density at radius 3 is 2.72 bits per heavy atom. The van der Waals surface area contributed by atoms with E-state index < -0.39 is 0 Å². The molecule has 0 saturated heterocycles. The van der Waals surface area contributed by atoms with Crippen molar-refractivity contribution in [3.8, 4) is 0 Å². The Morgan fingerprint density at radius 2 is 2.07 bits per heavy atom. The highest BCUT2D eigenvalue weighted by Crippen LogP contribution is 2.31. The van der Waals surface area contributed by atoms with Crippen molar-refractivity contribution in [2.75, 3.05) is 29.1 Å². The van der Waals surface area contributed by atoms with Crippen molar-refractivity contribution in [2.24, 2.45) is 7.05 Å². The number of likely N-dealkylation sites (N-methyl/N-ethyl adjacent to an activating group) is 1. The molecule has 154 valence electrons. The quantitative estimate of drug-likeness (QED) is 0.520. The fourth-order valence-corrected chi connectivity index (χ4v) is 3.06. The molecule has 3 rings (SSSR count). The summed E-state index contributed by atoms with van der Waals surface area (Å²) in [7, 11) is 3.73. The molecule has 1 amide bonds. The molecule has 10 nitrogen and oxygen atoms in total. The van der Waals surface area contributed by atoms with Gasteiger partial charge in [0.25, 0.3) is 0 Å². The molecule has 1 aliphatic heterocycles. The van der Waals surface area contributed by atoms with Crippen molar-refractivity contribution < 1.29 is 4.79 Å². The third kappa shape index (κ3) is 4.36. The van der Waals surface area contributed by atoms with E-state index in [1.165, 1.54) is 6.21 Å². The number of carbonyl (C=O) groups is 1. The van der Waals surface area contributed by atoms with Crippen molar-refractivity contribution in [1.29, 1.82) is 5.41 Å². The Hall–Kier alpha value is -3.43. The number of fused-ring (bicyclic) bond motifs is 1. The molecule has 3 heterocycles. The molecule has 0 aliphatic carbocycles. The molecule has 2 aromatic rings. The van der Waals surface area contributed by atoms with E-state index in [0.717, 1.165) is 16.8 Å². The van der Waals surface area contributed by atoms with E-state index in [1.807, 2.05) is 46.0 Å². The first-order valence-electron chi connectivity index (χ1n) is 9.38. The number of hydrogen-bond acceptors (Lipinski definition) is 8. The number of rotatable bonds is 7. The number of nitrogens with one attached hydrogen (secondary N) is 4. The number of aryl methyl sites for hydroxylation is 3. The summed E-state index contributed by atoms with van der Waals surface area (Å²) in [5.74, 6) is 1.06. The van der Waals surface area contributed by atoms with Gasteiger partial charge in [0.05, 0.1) is 11.4 Å². The van der Waals surface area contributed by atoms with Crippen LogP contribution in [-0.4, -0.2) is 51.5 Å². The molecular formula is C19H27N9O. The maximum atomic E-state index is 12.0. The lowest BCUT2D eigenvalue weighted by molar-refractivity contribution is -0.117. The van der Waals surface area contributed by atoms with Crippen LogP contribution in [0, 0.1) is 19.3 Å². The zero-order valence-corrected chi connectivity index (χ0v) is 17.4. The van der Waals surface area contributed by atoms with Crippen LogP contribution in [0.25, 0.3) is 0 Å².